The molecule has 1 N–H and O–H groups in total. The second-order valence-corrected chi connectivity index (χ2v) is 8.71. The predicted molar refractivity (Wildman–Crippen MR) is 134 cm³/mol. The molecule has 0 radical (unpaired) electrons. The van der Waals surface area contributed by atoms with Crippen LogP contribution in [0.1, 0.15) is 21.6 Å². The highest BCUT2D eigenvalue weighted by atomic mass is 32.2. The smallest absolute Gasteiger partial charge is 0.295 e. The minimum Gasteiger partial charge on any atom is -0.431 e. The van der Waals surface area contributed by atoms with Crippen molar-refractivity contribution in [3.8, 4) is 5.69 Å². The van der Waals surface area contributed by atoms with Crippen LogP contribution in [0, 0.1) is 6.92 Å². The third-order valence-corrected chi connectivity index (χ3v) is 6.56. The fourth-order valence-electron chi connectivity index (χ4n) is 3.81. The number of fused-ring (bicyclic) bond motifs is 1. The molecule has 1 amide bonds. The monoisotopic (exact) mass is 470 g/mol. The predicted octanol–water partition coefficient (Wildman–Crippen LogP) is 5.17. The molecule has 0 aliphatic heterocycles. The van der Waals surface area contributed by atoms with Gasteiger partial charge in [0.2, 0.25) is 0 Å². The molecule has 0 fully saturated rings. The lowest BCUT2D eigenvalue weighted by atomic mass is 10.1. The van der Waals surface area contributed by atoms with Crippen molar-refractivity contribution >= 4 is 34.5 Å². The lowest BCUT2D eigenvalue weighted by Gasteiger charge is -2.09. The standard InChI is InChI=1S/C26H22N4O3S/c1-17-23(25(32)30(29(17)2)19-11-4-3-5-12-19)28-24(31)20-13-7-6-10-18(20)16-34-26-27-21-14-8-9-15-22(21)33-26/h3-15H,16H2,1-2H3,(H,28,31). The van der Waals surface area contributed by atoms with Gasteiger partial charge in [-0.15, -0.1) is 0 Å². The molecule has 5 aromatic rings. The minimum absolute atomic E-state index is 0.262. The van der Waals surface area contributed by atoms with Crippen LogP contribution in [0.3, 0.4) is 0 Å². The lowest BCUT2D eigenvalue weighted by Crippen LogP contribution is -2.23. The molecule has 0 aliphatic carbocycles. The zero-order valence-electron chi connectivity index (χ0n) is 18.7. The molecular formula is C26H22N4O3S. The van der Waals surface area contributed by atoms with Crippen molar-refractivity contribution in [2.24, 2.45) is 7.05 Å². The Balaban J connectivity index is 1.39. The number of anilines is 1. The third-order valence-electron chi connectivity index (χ3n) is 5.68. The van der Waals surface area contributed by atoms with Gasteiger partial charge in [0.05, 0.1) is 11.4 Å². The molecule has 8 heteroatoms. The number of carbonyl (C=O) groups excluding carboxylic acids is 1. The summed E-state index contributed by atoms with van der Waals surface area (Å²) >= 11 is 1.42. The number of para-hydroxylation sites is 3. The van der Waals surface area contributed by atoms with Crippen molar-refractivity contribution < 1.29 is 9.21 Å². The molecule has 170 valence electrons. The maximum absolute atomic E-state index is 13.2. The molecule has 0 bridgehead atoms. The fourth-order valence-corrected chi connectivity index (χ4v) is 4.66. The molecule has 0 aliphatic rings. The summed E-state index contributed by atoms with van der Waals surface area (Å²) in [4.78, 5) is 30.9. The molecule has 0 saturated heterocycles. The summed E-state index contributed by atoms with van der Waals surface area (Å²) in [6.07, 6.45) is 0. The van der Waals surface area contributed by atoms with Gasteiger partial charge >= 0.3 is 0 Å². The molecule has 5 rings (SSSR count). The summed E-state index contributed by atoms with van der Waals surface area (Å²) in [5.41, 5.74) is 4.23. The van der Waals surface area contributed by atoms with E-state index in [1.165, 1.54) is 11.8 Å². The molecule has 7 nitrogen and oxygen atoms in total. The zero-order chi connectivity index (χ0) is 23.7. The molecule has 34 heavy (non-hydrogen) atoms. The number of benzene rings is 3. The number of nitrogens with zero attached hydrogens (tertiary/aromatic N) is 3. The van der Waals surface area contributed by atoms with E-state index >= 15 is 0 Å². The molecule has 0 unspecified atom stereocenters. The number of hydrogen-bond acceptors (Lipinski definition) is 5. The van der Waals surface area contributed by atoms with Crippen LogP contribution in [0.5, 0.6) is 0 Å². The van der Waals surface area contributed by atoms with Crippen LogP contribution in [0.2, 0.25) is 0 Å². The maximum Gasteiger partial charge on any atom is 0.295 e. The van der Waals surface area contributed by atoms with E-state index in [0.29, 0.717) is 22.2 Å². The summed E-state index contributed by atoms with van der Waals surface area (Å²) < 4.78 is 9.06. The lowest BCUT2D eigenvalue weighted by molar-refractivity contribution is 0.102. The first-order valence-electron chi connectivity index (χ1n) is 10.7. The first-order valence-corrected chi connectivity index (χ1v) is 11.7. The Morgan fingerprint density at radius 1 is 1.00 bits per heavy atom. The molecule has 0 atom stereocenters. The number of amides is 1. The van der Waals surface area contributed by atoms with Gasteiger partial charge in [-0.3, -0.25) is 14.3 Å². The molecule has 0 saturated carbocycles. The van der Waals surface area contributed by atoms with E-state index in [2.05, 4.69) is 10.3 Å². The van der Waals surface area contributed by atoms with Crippen LogP contribution < -0.4 is 10.9 Å². The van der Waals surface area contributed by atoms with Crippen molar-refractivity contribution in [3.05, 3.63) is 106 Å². The minimum atomic E-state index is -0.334. The quantitative estimate of drug-likeness (QED) is 0.346. The van der Waals surface area contributed by atoms with Crippen molar-refractivity contribution in [1.82, 2.24) is 14.3 Å². The van der Waals surface area contributed by atoms with Gasteiger partial charge in [-0.2, -0.15) is 0 Å². The molecular weight excluding hydrogens is 448 g/mol. The van der Waals surface area contributed by atoms with Crippen LogP contribution in [0.4, 0.5) is 5.69 Å². The SMILES string of the molecule is Cc1c(NC(=O)c2ccccc2CSc2nc3ccccc3o2)c(=O)n(-c2ccccc2)n1C. The van der Waals surface area contributed by atoms with Crippen molar-refractivity contribution in [2.75, 3.05) is 5.32 Å². The highest BCUT2D eigenvalue weighted by Gasteiger charge is 2.20. The van der Waals surface area contributed by atoms with E-state index in [1.807, 2.05) is 79.7 Å². The Kier molecular flexibility index (Phi) is 5.81. The Morgan fingerprint density at radius 3 is 2.50 bits per heavy atom. The van der Waals surface area contributed by atoms with Gasteiger partial charge in [-0.25, -0.2) is 9.67 Å². The summed E-state index contributed by atoms with van der Waals surface area (Å²) in [7, 11) is 1.80. The van der Waals surface area contributed by atoms with Crippen LogP contribution in [-0.4, -0.2) is 20.3 Å². The Morgan fingerprint density at radius 2 is 1.71 bits per heavy atom. The van der Waals surface area contributed by atoms with Crippen LogP contribution in [0.25, 0.3) is 16.8 Å². The average molecular weight is 471 g/mol. The van der Waals surface area contributed by atoms with Gasteiger partial charge in [0, 0.05) is 18.4 Å². The van der Waals surface area contributed by atoms with Gasteiger partial charge in [0.1, 0.15) is 11.2 Å². The van der Waals surface area contributed by atoms with E-state index in [-0.39, 0.29) is 17.2 Å². The second-order valence-electron chi connectivity index (χ2n) is 7.78. The van der Waals surface area contributed by atoms with Gasteiger partial charge in [0.15, 0.2) is 5.58 Å². The third kappa shape index (κ3) is 4.04. The van der Waals surface area contributed by atoms with E-state index < -0.39 is 0 Å². The molecule has 3 aromatic carbocycles. The molecule has 0 spiro atoms. The number of carbonyl (C=O) groups is 1. The second kappa shape index (κ2) is 9.07. The normalized spacial score (nSPS) is 11.1. The number of rotatable bonds is 6. The van der Waals surface area contributed by atoms with Crippen molar-refractivity contribution in [3.63, 3.8) is 0 Å². The summed E-state index contributed by atoms with van der Waals surface area (Å²) in [5, 5.41) is 3.39. The van der Waals surface area contributed by atoms with Gasteiger partial charge in [-0.1, -0.05) is 60.3 Å². The number of aromatic nitrogens is 3. The van der Waals surface area contributed by atoms with Gasteiger partial charge in [0.25, 0.3) is 16.7 Å². The van der Waals surface area contributed by atoms with Gasteiger partial charge in [-0.05, 0) is 42.8 Å². The topological polar surface area (TPSA) is 82.1 Å². The summed E-state index contributed by atoms with van der Waals surface area (Å²) in [6.45, 7) is 1.81. The van der Waals surface area contributed by atoms with E-state index in [1.54, 1.807) is 22.5 Å². The number of hydrogen-bond donors (Lipinski definition) is 1. The van der Waals surface area contributed by atoms with Crippen molar-refractivity contribution in [1.29, 1.82) is 0 Å². The first kappa shape index (κ1) is 21.8. The molecule has 2 aromatic heterocycles. The Labute approximate surface area is 200 Å². The molecule has 2 heterocycles. The number of thioether (sulfide) groups is 1. The Hall–Kier alpha value is -4.04. The Bertz CT molecular complexity index is 1520. The van der Waals surface area contributed by atoms with Crippen LogP contribution >= 0.6 is 11.8 Å². The van der Waals surface area contributed by atoms with Crippen LogP contribution in [-0.2, 0) is 12.8 Å². The largest absolute Gasteiger partial charge is 0.431 e. The fraction of sp³-hybridized carbons (Fsp3) is 0.115. The zero-order valence-corrected chi connectivity index (χ0v) is 19.5. The number of oxazole rings is 1. The van der Waals surface area contributed by atoms with Crippen molar-refractivity contribution in [2.45, 2.75) is 17.9 Å². The van der Waals surface area contributed by atoms with E-state index in [9.17, 15) is 9.59 Å². The van der Waals surface area contributed by atoms with E-state index in [0.717, 1.165) is 22.4 Å². The highest BCUT2D eigenvalue weighted by molar-refractivity contribution is 7.98. The number of nitrogens with one attached hydrogen (secondary N) is 1. The maximum atomic E-state index is 13.2. The van der Waals surface area contributed by atoms with Crippen LogP contribution in [0.15, 0.2) is 93.3 Å². The van der Waals surface area contributed by atoms with Gasteiger partial charge < -0.3 is 9.73 Å². The average Bonchev–Trinajstić information content (AvgIpc) is 3.37. The highest BCUT2D eigenvalue weighted by Crippen LogP contribution is 2.27. The summed E-state index contributed by atoms with van der Waals surface area (Å²) in [5.74, 6) is 0.165. The summed E-state index contributed by atoms with van der Waals surface area (Å²) in [6, 6.07) is 24.3. The van der Waals surface area contributed by atoms with E-state index in [4.69, 9.17) is 4.42 Å². The first-order chi connectivity index (χ1) is 16.5.